The van der Waals surface area contributed by atoms with Gasteiger partial charge in [-0.2, -0.15) is 0 Å². The maximum absolute atomic E-state index is 12.8. The van der Waals surface area contributed by atoms with Gasteiger partial charge in [0.15, 0.2) is 0 Å². The Bertz CT molecular complexity index is 997. The van der Waals surface area contributed by atoms with E-state index in [0.717, 1.165) is 35.8 Å². The number of hydrogen-bond donors (Lipinski definition) is 2. The third kappa shape index (κ3) is 3.78. The molecule has 0 saturated carbocycles. The highest BCUT2D eigenvalue weighted by Gasteiger charge is 2.27. The van der Waals surface area contributed by atoms with Gasteiger partial charge in [0.25, 0.3) is 5.91 Å². The smallest absolute Gasteiger partial charge is 0.251 e. The summed E-state index contributed by atoms with van der Waals surface area (Å²) in [4.78, 5) is 26.9. The molecule has 5 nitrogen and oxygen atoms in total. The fourth-order valence-electron chi connectivity index (χ4n) is 3.78. The zero-order valence-corrected chi connectivity index (χ0v) is 15.0. The molecule has 1 aliphatic rings. The Morgan fingerprint density at radius 1 is 1.15 bits per heavy atom. The molecule has 2 N–H and O–H groups in total. The van der Waals surface area contributed by atoms with Gasteiger partial charge in [0.2, 0.25) is 5.56 Å². The molecule has 1 aliphatic heterocycles. The fraction of sp³-hybridized carbons (Fsp3) is 0.273. The standard InChI is InChI=1S/C22H22N2O3/c25-20-12-16-8-4-10-18(19(16)14-23-20)22(26)24-13-17-9-5-11-27-21(17)15-6-2-1-3-7-15/h1-4,6-8,10,12,14,17,21H,5,9,11,13H2,(H,23,25)(H,24,26). The summed E-state index contributed by atoms with van der Waals surface area (Å²) >= 11 is 0. The molecule has 2 heterocycles. The Kier molecular flexibility index (Phi) is 5.03. The molecule has 2 atom stereocenters. The number of aromatic nitrogens is 1. The first-order valence-electron chi connectivity index (χ1n) is 9.28. The van der Waals surface area contributed by atoms with Crippen molar-refractivity contribution < 1.29 is 9.53 Å². The topological polar surface area (TPSA) is 71.2 Å². The third-order valence-electron chi connectivity index (χ3n) is 5.13. The molecule has 1 saturated heterocycles. The van der Waals surface area contributed by atoms with E-state index in [1.165, 1.54) is 6.07 Å². The normalized spacial score (nSPS) is 19.7. The van der Waals surface area contributed by atoms with Crippen molar-refractivity contribution in [3.63, 3.8) is 0 Å². The van der Waals surface area contributed by atoms with Crippen LogP contribution in [0.15, 0.2) is 65.6 Å². The largest absolute Gasteiger partial charge is 0.373 e. The summed E-state index contributed by atoms with van der Waals surface area (Å²) in [7, 11) is 0. The van der Waals surface area contributed by atoms with Crippen molar-refractivity contribution >= 4 is 16.7 Å². The molecule has 27 heavy (non-hydrogen) atoms. The fourth-order valence-corrected chi connectivity index (χ4v) is 3.78. The molecule has 0 bridgehead atoms. The molecular weight excluding hydrogens is 340 g/mol. The lowest BCUT2D eigenvalue weighted by Crippen LogP contribution is -2.35. The van der Waals surface area contributed by atoms with Crippen molar-refractivity contribution in [2.75, 3.05) is 13.2 Å². The van der Waals surface area contributed by atoms with Crippen molar-refractivity contribution in [1.29, 1.82) is 0 Å². The first-order chi connectivity index (χ1) is 13.2. The maximum Gasteiger partial charge on any atom is 0.251 e. The van der Waals surface area contributed by atoms with Crippen LogP contribution in [0.25, 0.3) is 10.8 Å². The molecule has 1 amide bonds. The van der Waals surface area contributed by atoms with Crippen LogP contribution in [-0.4, -0.2) is 24.0 Å². The quantitative estimate of drug-likeness (QED) is 0.747. The zero-order chi connectivity index (χ0) is 18.6. The summed E-state index contributed by atoms with van der Waals surface area (Å²) in [6.45, 7) is 1.30. The molecule has 1 fully saturated rings. The average Bonchev–Trinajstić information content (AvgIpc) is 2.72. The van der Waals surface area contributed by atoms with E-state index in [2.05, 4.69) is 22.4 Å². The van der Waals surface area contributed by atoms with Crippen LogP contribution < -0.4 is 10.9 Å². The van der Waals surface area contributed by atoms with Gasteiger partial charge in [-0.05, 0) is 29.9 Å². The number of fused-ring (bicyclic) bond motifs is 1. The minimum absolute atomic E-state index is 0.00382. The number of pyridine rings is 1. The van der Waals surface area contributed by atoms with Crippen molar-refractivity contribution in [3.05, 3.63) is 82.3 Å². The van der Waals surface area contributed by atoms with Crippen LogP contribution in [0.3, 0.4) is 0 Å². The minimum atomic E-state index is -0.176. The van der Waals surface area contributed by atoms with E-state index in [-0.39, 0.29) is 23.5 Å². The van der Waals surface area contributed by atoms with E-state index in [1.54, 1.807) is 18.3 Å². The van der Waals surface area contributed by atoms with E-state index in [9.17, 15) is 9.59 Å². The Morgan fingerprint density at radius 3 is 2.85 bits per heavy atom. The van der Waals surface area contributed by atoms with Crippen LogP contribution >= 0.6 is 0 Å². The van der Waals surface area contributed by atoms with E-state index in [0.29, 0.717) is 12.1 Å². The van der Waals surface area contributed by atoms with Gasteiger partial charge in [-0.25, -0.2) is 0 Å². The van der Waals surface area contributed by atoms with Crippen molar-refractivity contribution in [2.45, 2.75) is 18.9 Å². The van der Waals surface area contributed by atoms with Gasteiger partial charge in [-0.15, -0.1) is 0 Å². The summed E-state index contributed by atoms with van der Waals surface area (Å²) < 4.78 is 6.01. The molecule has 5 heteroatoms. The summed E-state index contributed by atoms with van der Waals surface area (Å²) in [6.07, 6.45) is 3.62. The molecule has 0 radical (unpaired) electrons. The highest BCUT2D eigenvalue weighted by Crippen LogP contribution is 2.33. The summed E-state index contributed by atoms with van der Waals surface area (Å²) in [5.74, 6) is 0.102. The minimum Gasteiger partial charge on any atom is -0.373 e. The maximum atomic E-state index is 12.8. The monoisotopic (exact) mass is 362 g/mol. The van der Waals surface area contributed by atoms with Gasteiger partial charge in [0.1, 0.15) is 0 Å². The number of nitrogens with one attached hydrogen (secondary N) is 2. The molecule has 2 unspecified atom stereocenters. The molecule has 3 aromatic rings. The first kappa shape index (κ1) is 17.5. The first-order valence-corrected chi connectivity index (χ1v) is 9.28. The predicted molar refractivity (Wildman–Crippen MR) is 105 cm³/mol. The number of rotatable bonds is 4. The van der Waals surface area contributed by atoms with Gasteiger partial charge in [0.05, 0.1) is 6.10 Å². The number of hydrogen-bond acceptors (Lipinski definition) is 3. The predicted octanol–water partition coefficient (Wildman–Crippen LogP) is 3.43. The molecule has 0 aliphatic carbocycles. The second kappa shape index (κ2) is 7.76. The van der Waals surface area contributed by atoms with Gasteiger partial charge in [-0.1, -0.05) is 42.5 Å². The van der Waals surface area contributed by atoms with Crippen molar-refractivity contribution in [3.8, 4) is 0 Å². The Morgan fingerprint density at radius 2 is 2.00 bits per heavy atom. The van der Waals surface area contributed by atoms with Crippen LogP contribution in [0, 0.1) is 5.92 Å². The number of carbonyl (C=O) groups excluding carboxylic acids is 1. The van der Waals surface area contributed by atoms with Crippen molar-refractivity contribution in [1.82, 2.24) is 10.3 Å². The number of benzene rings is 2. The highest BCUT2D eigenvalue weighted by atomic mass is 16.5. The van der Waals surface area contributed by atoms with Crippen molar-refractivity contribution in [2.24, 2.45) is 5.92 Å². The summed E-state index contributed by atoms with van der Waals surface area (Å²) in [6, 6.07) is 17.1. The highest BCUT2D eigenvalue weighted by molar-refractivity contribution is 6.06. The molecule has 4 rings (SSSR count). The van der Waals surface area contributed by atoms with E-state index in [1.807, 2.05) is 24.3 Å². The molecule has 2 aromatic carbocycles. The Labute approximate surface area is 157 Å². The lowest BCUT2D eigenvalue weighted by molar-refractivity contribution is -0.0272. The van der Waals surface area contributed by atoms with E-state index < -0.39 is 0 Å². The van der Waals surface area contributed by atoms with E-state index >= 15 is 0 Å². The SMILES string of the molecule is O=C(NCC1CCCOC1c1ccccc1)c1cccc2cc(=O)[nH]cc12. The van der Waals surface area contributed by atoms with Gasteiger partial charge in [0, 0.05) is 42.3 Å². The Balaban J connectivity index is 1.51. The Hall–Kier alpha value is -2.92. The second-order valence-electron chi connectivity index (χ2n) is 6.92. The van der Waals surface area contributed by atoms with Crippen LogP contribution in [0.5, 0.6) is 0 Å². The number of H-pyrrole nitrogens is 1. The summed E-state index contributed by atoms with van der Waals surface area (Å²) in [5.41, 5.74) is 1.54. The molecule has 0 spiro atoms. The molecule has 1 aromatic heterocycles. The average molecular weight is 362 g/mol. The van der Waals surface area contributed by atoms with Crippen LogP contribution in [-0.2, 0) is 4.74 Å². The molecule has 138 valence electrons. The second-order valence-corrected chi connectivity index (χ2v) is 6.92. The number of ether oxygens (including phenoxy) is 1. The van der Waals surface area contributed by atoms with Crippen LogP contribution in [0.4, 0.5) is 0 Å². The zero-order valence-electron chi connectivity index (χ0n) is 15.0. The van der Waals surface area contributed by atoms with Gasteiger partial charge in [-0.3, -0.25) is 9.59 Å². The summed E-state index contributed by atoms with van der Waals surface area (Å²) in [5, 5.41) is 4.57. The van der Waals surface area contributed by atoms with E-state index in [4.69, 9.17) is 4.74 Å². The lowest BCUT2D eigenvalue weighted by Gasteiger charge is -2.32. The van der Waals surface area contributed by atoms with Crippen LogP contribution in [0.1, 0.15) is 34.9 Å². The lowest BCUT2D eigenvalue weighted by atomic mass is 9.89. The number of carbonyl (C=O) groups is 1. The van der Waals surface area contributed by atoms with Crippen LogP contribution in [0.2, 0.25) is 0 Å². The molecular formula is C22H22N2O3. The van der Waals surface area contributed by atoms with Gasteiger partial charge >= 0.3 is 0 Å². The van der Waals surface area contributed by atoms with Gasteiger partial charge < -0.3 is 15.0 Å². The number of amides is 1. The number of aromatic amines is 1. The third-order valence-corrected chi connectivity index (χ3v) is 5.13.